The Kier molecular flexibility index (Phi) is 4.62. The number of nitrogens with one attached hydrogen (secondary N) is 2. The summed E-state index contributed by atoms with van der Waals surface area (Å²) in [6.45, 7) is 7.65. The highest BCUT2D eigenvalue weighted by molar-refractivity contribution is 7.15. The highest BCUT2D eigenvalue weighted by atomic mass is 32.1. The van der Waals surface area contributed by atoms with Gasteiger partial charge >= 0.3 is 0 Å². The Morgan fingerprint density at radius 3 is 2.83 bits per heavy atom. The molecule has 0 radical (unpaired) electrons. The van der Waals surface area contributed by atoms with E-state index in [0.717, 1.165) is 37.6 Å². The van der Waals surface area contributed by atoms with Crippen LogP contribution in [0.2, 0.25) is 0 Å². The average molecular weight is 269 g/mol. The number of nitrogens with zero attached hydrogens (tertiary/aromatic N) is 3. The summed E-state index contributed by atoms with van der Waals surface area (Å²) in [6, 6.07) is -0.124. The van der Waals surface area contributed by atoms with Gasteiger partial charge in [0.1, 0.15) is 5.01 Å². The molecule has 2 rings (SSSR count). The largest absolute Gasteiger partial charge is 0.314 e. The van der Waals surface area contributed by atoms with Crippen LogP contribution >= 0.6 is 11.3 Å². The second-order valence-electron chi connectivity index (χ2n) is 4.31. The lowest BCUT2D eigenvalue weighted by Gasteiger charge is -2.31. The van der Waals surface area contributed by atoms with Crippen LogP contribution in [0, 0.1) is 0 Å². The maximum absolute atomic E-state index is 12.1. The number of amides is 1. The zero-order chi connectivity index (χ0) is 13.0. The third-order valence-corrected chi connectivity index (χ3v) is 4.06. The van der Waals surface area contributed by atoms with Crippen LogP contribution in [0.3, 0.4) is 0 Å². The first kappa shape index (κ1) is 13.4. The van der Waals surface area contributed by atoms with Crippen LogP contribution < -0.4 is 10.6 Å². The minimum Gasteiger partial charge on any atom is -0.314 e. The van der Waals surface area contributed by atoms with Crippen LogP contribution in [0.25, 0.3) is 0 Å². The third kappa shape index (κ3) is 3.24. The van der Waals surface area contributed by atoms with Gasteiger partial charge in [-0.3, -0.25) is 15.0 Å². The Hall–Kier alpha value is -1.05. The fourth-order valence-corrected chi connectivity index (χ4v) is 2.57. The summed E-state index contributed by atoms with van der Waals surface area (Å²) >= 11 is 1.44. The number of anilines is 1. The molecule has 2 N–H and O–H groups in total. The molecule has 1 fully saturated rings. The molecule has 7 heteroatoms. The molecule has 18 heavy (non-hydrogen) atoms. The topological polar surface area (TPSA) is 70.2 Å². The SMILES string of the molecule is CCc1nnc(NC(=O)C(C)N2CCNCC2)s1. The Morgan fingerprint density at radius 2 is 2.22 bits per heavy atom. The smallest absolute Gasteiger partial charge is 0.243 e. The number of piperazine rings is 1. The van der Waals surface area contributed by atoms with Crippen LogP contribution in [-0.2, 0) is 11.2 Å². The number of aromatic nitrogens is 2. The molecular formula is C11H19N5OS. The predicted molar refractivity (Wildman–Crippen MR) is 71.8 cm³/mol. The molecule has 2 heterocycles. The van der Waals surface area contributed by atoms with E-state index in [0.29, 0.717) is 5.13 Å². The zero-order valence-corrected chi connectivity index (χ0v) is 11.6. The molecule has 1 aromatic heterocycles. The van der Waals surface area contributed by atoms with Gasteiger partial charge in [-0.1, -0.05) is 18.3 Å². The van der Waals surface area contributed by atoms with E-state index in [4.69, 9.17) is 0 Å². The average Bonchev–Trinajstić information content (AvgIpc) is 2.86. The third-order valence-electron chi connectivity index (χ3n) is 3.08. The standard InChI is InChI=1S/C11H19N5OS/c1-3-9-14-15-11(18-9)13-10(17)8(2)16-6-4-12-5-7-16/h8,12H,3-7H2,1-2H3,(H,13,15,17). The van der Waals surface area contributed by atoms with E-state index < -0.39 is 0 Å². The molecule has 0 spiro atoms. The van der Waals surface area contributed by atoms with Crippen molar-refractivity contribution in [1.29, 1.82) is 0 Å². The lowest BCUT2D eigenvalue weighted by atomic mass is 10.2. The Labute approximate surface area is 111 Å². The van der Waals surface area contributed by atoms with Crippen molar-refractivity contribution in [1.82, 2.24) is 20.4 Å². The number of hydrogen-bond donors (Lipinski definition) is 2. The molecule has 1 aliphatic heterocycles. The van der Waals surface area contributed by atoms with Crippen LogP contribution in [-0.4, -0.2) is 53.2 Å². The first-order valence-electron chi connectivity index (χ1n) is 6.28. The fourth-order valence-electron chi connectivity index (χ4n) is 1.89. The quantitative estimate of drug-likeness (QED) is 0.824. The molecule has 1 atom stereocenters. The van der Waals surface area contributed by atoms with Gasteiger partial charge < -0.3 is 5.32 Å². The maximum Gasteiger partial charge on any atom is 0.243 e. The van der Waals surface area contributed by atoms with E-state index in [1.807, 2.05) is 13.8 Å². The zero-order valence-electron chi connectivity index (χ0n) is 10.8. The lowest BCUT2D eigenvalue weighted by molar-refractivity contribution is -0.120. The van der Waals surface area contributed by atoms with Gasteiger partial charge in [0.05, 0.1) is 6.04 Å². The molecule has 1 amide bonds. The van der Waals surface area contributed by atoms with Crippen LogP contribution in [0.5, 0.6) is 0 Å². The van der Waals surface area contributed by atoms with Gasteiger partial charge in [-0.25, -0.2) is 0 Å². The summed E-state index contributed by atoms with van der Waals surface area (Å²) in [6.07, 6.45) is 0.848. The van der Waals surface area contributed by atoms with Crippen molar-refractivity contribution in [3.8, 4) is 0 Å². The van der Waals surface area contributed by atoms with E-state index in [9.17, 15) is 4.79 Å². The van der Waals surface area contributed by atoms with Crippen molar-refractivity contribution in [3.63, 3.8) is 0 Å². The first-order valence-corrected chi connectivity index (χ1v) is 7.10. The molecule has 1 saturated heterocycles. The highest BCUT2D eigenvalue weighted by Gasteiger charge is 2.23. The highest BCUT2D eigenvalue weighted by Crippen LogP contribution is 2.16. The predicted octanol–water partition coefficient (Wildman–Crippen LogP) is 0.333. The van der Waals surface area contributed by atoms with Crippen LogP contribution in [0.15, 0.2) is 0 Å². The first-order chi connectivity index (χ1) is 8.70. The second kappa shape index (κ2) is 6.21. The Morgan fingerprint density at radius 1 is 1.50 bits per heavy atom. The molecular weight excluding hydrogens is 250 g/mol. The summed E-state index contributed by atoms with van der Waals surface area (Å²) in [5.74, 6) is -0.00398. The molecule has 0 bridgehead atoms. The molecule has 0 saturated carbocycles. The molecule has 1 aromatic rings. The molecule has 1 unspecified atom stereocenters. The van der Waals surface area contributed by atoms with Crippen molar-refractivity contribution < 1.29 is 4.79 Å². The van der Waals surface area contributed by atoms with Crippen LogP contribution in [0.1, 0.15) is 18.9 Å². The summed E-state index contributed by atoms with van der Waals surface area (Å²) in [5.41, 5.74) is 0. The van der Waals surface area contributed by atoms with Crippen molar-refractivity contribution >= 4 is 22.4 Å². The van der Waals surface area contributed by atoms with Gasteiger partial charge in [0.2, 0.25) is 11.0 Å². The minimum atomic E-state index is -0.124. The monoisotopic (exact) mass is 269 g/mol. The van der Waals surface area contributed by atoms with Gasteiger partial charge in [0.25, 0.3) is 0 Å². The summed E-state index contributed by atoms with van der Waals surface area (Å²) in [5, 5.41) is 15.6. The normalized spacial score (nSPS) is 18.6. The number of carbonyl (C=O) groups is 1. The van der Waals surface area contributed by atoms with E-state index in [2.05, 4.69) is 25.7 Å². The molecule has 100 valence electrons. The van der Waals surface area contributed by atoms with Crippen molar-refractivity contribution in [2.24, 2.45) is 0 Å². The van der Waals surface area contributed by atoms with Gasteiger partial charge in [0.15, 0.2) is 0 Å². The number of aryl methyl sites for hydroxylation is 1. The summed E-state index contributed by atoms with van der Waals surface area (Å²) in [7, 11) is 0. The van der Waals surface area contributed by atoms with Gasteiger partial charge in [0, 0.05) is 26.2 Å². The summed E-state index contributed by atoms with van der Waals surface area (Å²) in [4.78, 5) is 14.2. The van der Waals surface area contributed by atoms with E-state index in [-0.39, 0.29) is 11.9 Å². The van der Waals surface area contributed by atoms with Crippen molar-refractivity contribution in [2.75, 3.05) is 31.5 Å². The van der Waals surface area contributed by atoms with Gasteiger partial charge in [-0.2, -0.15) is 0 Å². The molecule has 0 aliphatic carbocycles. The molecule has 0 aromatic carbocycles. The second-order valence-corrected chi connectivity index (χ2v) is 5.37. The lowest BCUT2D eigenvalue weighted by Crippen LogP contribution is -2.51. The van der Waals surface area contributed by atoms with E-state index >= 15 is 0 Å². The molecule has 6 nitrogen and oxygen atoms in total. The van der Waals surface area contributed by atoms with Crippen molar-refractivity contribution in [3.05, 3.63) is 5.01 Å². The van der Waals surface area contributed by atoms with E-state index in [1.54, 1.807) is 0 Å². The Bertz CT molecular complexity index is 402. The van der Waals surface area contributed by atoms with E-state index in [1.165, 1.54) is 11.3 Å². The van der Waals surface area contributed by atoms with Gasteiger partial charge in [-0.15, -0.1) is 10.2 Å². The number of hydrogen-bond acceptors (Lipinski definition) is 6. The Balaban J connectivity index is 1.90. The maximum atomic E-state index is 12.1. The number of rotatable bonds is 4. The van der Waals surface area contributed by atoms with Crippen LogP contribution in [0.4, 0.5) is 5.13 Å². The number of carbonyl (C=O) groups excluding carboxylic acids is 1. The minimum absolute atomic E-state index is 0.00398. The fraction of sp³-hybridized carbons (Fsp3) is 0.727. The summed E-state index contributed by atoms with van der Waals surface area (Å²) < 4.78 is 0. The molecule has 1 aliphatic rings. The van der Waals surface area contributed by atoms with Crippen molar-refractivity contribution in [2.45, 2.75) is 26.3 Å². The van der Waals surface area contributed by atoms with Gasteiger partial charge in [-0.05, 0) is 13.3 Å².